The third-order valence-corrected chi connectivity index (χ3v) is 4.31. The molecule has 0 unspecified atom stereocenters. The molecule has 0 aliphatic carbocycles. The highest BCUT2D eigenvalue weighted by Crippen LogP contribution is 2.33. The van der Waals surface area contributed by atoms with Crippen molar-refractivity contribution in [3.8, 4) is 5.75 Å². The largest absolute Gasteiger partial charge is 0.546 e. The van der Waals surface area contributed by atoms with Crippen LogP contribution >= 0.6 is 27.7 Å². The maximum Gasteiger partial charge on any atom is 0.293 e. The van der Waals surface area contributed by atoms with Gasteiger partial charge in [-0.3, -0.25) is 14.5 Å². The number of carbonyl (C=O) groups excluding carboxylic acids is 3. The molecule has 0 atom stereocenters. The summed E-state index contributed by atoms with van der Waals surface area (Å²) in [5.41, 5.74) is 0.668. The number of amides is 2. The fraction of sp³-hybridized carbons (Fsp3) is 0.133. The van der Waals surface area contributed by atoms with Crippen molar-refractivity contribution in [1.82, 2.24) is 4.90 Å². The average molecular weight is 397 g/mol. The van der Waals surface area contributed by atoms with Gasteiger partial charge < -0.3 is 14.6 Å². The smallest absolute Gasteiger partial charge is 0.293 e. The van der Waals surface area contributed by atoms with Gasteiger partial charge >= 0.3 is 0 Å². The monoisotopic (exact) mass is 396 g/mol. The van der Waals surface area contributed by atoms with Crippen molar-refractivity contribution in [2.24, 2.45) is 0 Å². The summed E-state index contributed by atoms with van der Waals surface area (Å²) in [6.45, 7) is 3.12. The second kappa shape index (κ2) is 7.47. The van der Waals surface area contributed by atoms with E-state index in [2.05, 4.69) is 22.5 Å². The van der Waals surface area contributed by atoms with Crippen molar-refractivity contribution < 1.29 is 24.2 Å². The number of benzene rings is 1. The van der Waals surface area contributed by atoms with Gasteiger partial charge in [-0.25, -0.2) is 0 Å². The number of nitrogens with zero attached hydrogens (tertiary/aromatic N) is 1. The zero-order valence-corrected chi connectivity index (χ0v) is 14.2. The first-order valence-corrected chi connectivity index (χ1v) is 8.01. The zero-order chi connectivity index (χ0) is 17.0. The van der Waals surface area contributed by atoms with Crippen molar-refractivity contribution in [1.29, 1.82) is 0 Å². The van der Waals surface area contributed by atoms with Crippen LogP contribution in [-0.2, 0) is 9.59 Å². The Morgan fingerprint density at radius 1 is 1.43 bits per heavy atom. The zero-order valence-electron chi connectivity index (χ0n) is 11.8. The Kier molecular flexibility index (Phi) is 5.62. The minimum Gasteiger partial charge on any atom is -0.546 e. The summed E-state index contributed by atoms with van der Waals surface area (Å²) in [5.74, 6) is -1.35. The number of hydrogen-bond acceptors (Lipinski definition) is 6. The molecule has 2 amide bonds. The number of imide groups is 1. The summed E-state index contributed by atoms with van der Waals surface area (Å²) in [5, 5.41) is 10.0. The maximum absolute atomic E-state index is 12.1. The Bertz CT molecular complexity index is 716. The SMILES string of the molecule is C=CCN1C(=O)S/C(=C\c2ccc(OCC(=O)[O-])c(Br)c2)C1=O. The molecule has 2 rings (SSSR count). The molecule has 8 heteroatoms. The van der Waals surface area contributed by atoms with Crippen LogP contribution in [0.2, 0.25) is 0 Å². The Balaban J connectivity index is 2.18. The van der Waals surface area contributed by atoms with Crippen molar-refractivity contribution in [2.75, 3.05) is 13.2 Å². The van der Waals surface area contributed by atoms with Crippen LogP contribution in [0, 0.1) is 0 Å². The molecule has 0 N–H and O–H groups in total. The highest BCUT2D eigenvalue weighted by atomic mass is 79.9. The van der Waals surface area contributed by atoms with E-state index in [9.17, 15) is 19.5 Å². The van der Waals surface area contributed by atoms with Gasteiger partial charge in [0, 0.05) is 6.54 Å². The average Bonchev–Trinajstić information content (AvgIpc) is 2.74. The Hall–Kier alpha value is -2.06. The first-order chi connectivity index (χ1) is 10.9. The lowest BCUT2D eigenvalue weighted by Gasteiger charge is -2.09. The molecule has 1 aliphatic rings. The molecule has 1 aromatic rings. The summed E-state index contributed by atoms with van der Waals surface area (Å²) < 4.78 is 5.56. The quantitative estimate of drug-likeness (QED) is 0.538. The Morgan fingerprint density at radius 2 is 2.17 bits per heavy atom. The standard InChI is InChI=1S/C15H12BrNO5S/c1-2-5-17-14(20)12(23-15(17)21)7-9-3-4-11(10(16)6-9)22-8-13(18)19/h2-4,6-7H,1,5,8H2,(H,18,19)/p-1/b12-7-. The minimum absolute atomic E-state index is 0.168. The van der Waals surface area contributed by atoms with Gasteiger partial charge in [0.1, 0.15) is 12.4 Å². The van der Waals surface area contributed by atoms with E-state index in [1.165, 1.54) is 6.08 Å². The van der Waals surface area contributed by atoms with Gasteiger partial charge in [-0.1, -0.05) is 12.1 Å². The summed E-state index contributed by atoms with van der Waals surface area (Å²) in [4.78, 5) is 35.6. The molecule has 0 saturated carbocycles. The predicted molar refractivity (Wildman–Crippen MR) is 87.5 cm³/mol. The molecular weight excluding hydrogens is 386 g/mol. The van der Waals surface area contributed by atoms with E-state index < -0.39 is 12.6 Å². The van der Waals surface area contributed by atoms with E-state index in [0.29, 0.717) is 20.7 Å². The topological polar surface area (TPSA) is 86.7 Å². The molecule has 0 spiro atoms. The fourth-order valence-corrected chi connectivity index (χ4v) is 3.16. The molecule has 120 valence electrons. The Labute approximate surface area is 144 Å². The van der Waals surface area contributed by atoms with Crippen LogP contribution in [0.1, 0.15) is 5.56 Å². The minimum atomic E-state index is -1.32. The molecule has 1 saturated heterocycles. The normalized spacial score (nSPS) is 16.0. The van der Waals surface area contributed by atoms with Crippen LogP contribution in [0.3, 0.4) is 0 Å². The van der Waals surface area contributed by atoms with Gasteiger partial charge in [0.25, 0.3) is 11.1 Å². The number of rotatable bonds is 6. The number of halogens is 1. The maximum atomic E-state index is 12.1. The van der Waals surface area contributed by atoms with Gasteiger partial charge in [0.05, 0.1) is 15.3 Å². The highest BCUT2D eigenvalue weighted by molar-refractivity contribution is 9.10. The van der Waals surface area contributed by atoms with E-state index in [1.807, 2.05) is 0 Å². The predicted octanol–water partition coefficient (Wildman–Crippen LogP) is 1.80. The second-order valence-electron chi connectivity index (χ2n) is 4.43. The van der Waals surface area contributed by atoms with Crippen molar-refractivity contribution in [3.63, 3.8) is 0 Å². The van der Waals surface area contributed by atoms with E-state index in [1.54, 1.807) is 24.3 Å². The van der Waals surface area contributed by atoms with Gasteiger partial charge in [-0.15, -0.1) is 6.58 Å². The lowest BCUT2D eigenvalue weighted by atomic mass is 10.2. The van der Waals surface area contributed by atoms with Gasteiger partial charge in [-0.2, -0.15) is 0 Å². The van der Waals surface area contributed by atoms with Crippen molar-refractivity contribution in [2.45, 2.75) is 0 Å². The Morgan fingerprint density at radius 3 is 2.78 bits per heavy atom. The number of aliphatic carboxylic acids is 1. The molecule has 1 fully saturated rings. The number of carbonyl (C=O) groups is 3. The van der Waals surface area contributed by atoms with Crippen LogP contribution in [0.4, 0.5) is 4.79 Å². The van der Waals surface area contributed by atoms with E-state index in [0.717, 1.165) is 16.7 Å². The summed E-state index contributed by atoms with van der Waals surface area (Å²) in [6, 6.07) is 4.87. The van der Waals surface area contributed by atoms with Crippen LogP contribution in [0.25, 0.3) is 6.08 Å². The van der Waals surface area contributed by atoms with Crippen molar-refractivity contribution >= 4 is 50.9 Å². The van der Waals surface area contributed by atoms with Crippen LogP contribution in [0.15, 0.2) is 40.2 Å². The molecule has 1 aromatic carbocycles. The third kappa shape index (κ3) is 4.23. The number of hydrogen-bond donors (Lipinski definition) is 0. The van der Waals surface area contributed by atoms with Gasteiger partial charge in [0.2, 0.25) is 0 Å². The lowest BCUT2D eigenvalue weighted by Crippen LogP contribution is -2.29. The van der Waals surface area contributed by atoms with Crippen LogP contribution < -0.4 is 9.84 Å². The summed E-state index contributed by atoms with van der Waals surface area (Å²) >= 11 is 4.12. The molecule has 23 heavy (non-hydrogen) atoms. The van der Waals surface area contributed by atoms with Crippen LogP contribution in [-0.4, -0.2) is 35.2 Å². The molecule has 0 bridgehead atoms. The summed E-state index contributed by atoms with van der Waals surface area (Å²) in [6.07, 6.45) is 3.07. The number of carboxylic acid groups (broad SMARTS) is 1. The van der Waals surface area contributed by atoms with E-state index in [4.69, 9.17) is 4.74 Å². The number of carboxylic acids is 1. The third-order valence-electron chi connectivity index (χ3n) is 2.78. The molecule has 6 nitrogen and oxygen atoms in total. The molecule has 0 aromatic heterocycles. The highest BCUT2D eigenvalue weighted by Gasteiger charge is 2.33. The number of thioether (sulfide) groups is 1. The van der Waals surface area contributed by atoms with Gasteiger partial charge in [-0.05, 0) is 51.5 Å². The number of ether oxygens (including phenoxy) is 1. The van der Waals surface area contributed by atoms with Crippen molar-refractivity contribution in [3.05, 3.63) is 45.8 Å². The molecule has 1 aliphatic heterocycles. The van der Waals surface area contributed by atoms with E-state index in [-0.39, 0.29) is 17.7 Å². The first kappa shape index (κ1) is 17.3. The fourth-order valence-electron chi connectivity index (χ4n) is 1.80. The molecule has 0 radical (unpaired) electrons. The molecule has 1 heterocycles. The lowest BCUT2D eigenvalue weighted by molar-refractivity contribution is -0.307. The second-order valence-corrected chi connectivity index (χ2v) is 6.28. The van der Waals surface area contributed by atoms with Crippen LogP contribution in [0.5, 0.6) is 5.75 Å². The first-order valence-electron chi connectivity index (χ1n) is 6.41. The van der Waals surface area contributed by atoms with E-state index >= 15 is 0 Å². The molecular formula is C15H11BrNO5S-. The summed E-state index contributed by atoms with van der Waals surface area (Å²) in [7, 11) is 0. The van der Waals surface area contributed by atoms with Gasteiger partial charge in [0.15, 0.2) is 0 Å².